The number of carbonyl (C=O) groups excluding carboxylic acids is 1. The molecule has 3 nitrogen and oxygen atoms in total. The van der Waals surface area contributed by atoms with E-state index in [4.69, 9.17) is 5.73 Å². The maximum absolute atomic E-state index is 11.6. The van der Waals surface area contributed by atoms with Gasteiger partial charge in [-0.3, -0.25) is 4.79 Å². The van der Waals surface area contributed by atoms with Crippen molar-refractivity contribution >= 4 is 5.91 Å². The van der Waals surface area contributed by atoms with Crippen LogP contribution in [0.5, 0.6) is 0 Å². The molecule has 15 heavy (non-hydrogen) atoms. The van der Waals surface area contributed by atoms with Gasteiger partial charge in [-0.05, 0) is 30.6 Å². The summed E-state index contributed by atoms with van der Waals surface area (Å²) in [5.41, 5.74) is 5.86. The summed E-state index contributed by atoms with van der Waals surface area (Å²) in [6.07, 6.45) is 4.00. The predicted octanol–water partition coefficient (Wildman–Crippen LogP) is 1.67. The van der Waals surface area contributed by atoms with E-state index in [0.29, 0.717) is 18.9 Å². The Bertz CT molecular complexity index is 216. The number of nitrogens with one attached hydrogen (secondary N) is 1. The Hall–Kier alpha value is -0.570. The molecule has 1 fully saturated rings. The standard InChI is InChI=1S/C12H24N2O/c1-12(2,3)7-6-11(15)14-10(8-13)9-4-5-9/h9-10H,4-8,13H2,1-3H3,(H,14,15). The Morgan fingerprint density at radius 3 is 2.47 bits per heavy atom. The summed E-state index contributed by atoms with van der Waals surface area (Å²) in [6.45, 7) is 7.04. The van der Waals surface area contributed by atoms with Gasteiger partial charge >= 0.3 is 0 Å². The van der Waals surface area contributed by atoms with E-state index in [1.165, 1.54) is 12.8 Å². The highest BCUT2D eigenvalue weighted by Crippen LogP contribution is 2.32. The van der Waals surface area contributed by atoms with Crippen LogP contribution >= 0.6 is 0 Å². The third kappa shape index (κ3) is 5.17. The van der Waals surface area contributed by atoms with Gasteiger partial charge < -0.3 is 11.1 Å². The van der Waals surface area contributed by atoms with Gasteiger partial charge in [-0.2, -0.15) is 0 Å². The van der Waals surface area contributed by atoms with E-state index in [9.17, 15) is 4.79 Å². The fraction of sp³-hybridized carbons (Fsp3) is 0.917. The normalized spacial score (nSPS) is 18.7. The topological polar surface area (TPSA) is 55.1 Å². The fourth-order valence-electron chi connectivity index (χ4n) is 1.64. The van der Waals surface area contributed by atoms with Gasteiger partial charge in [-0.1, -0.05) is 20.8 Å². The Labute approximate surface area is 92.8 Å². The lowest BCUT2D eigenvalue weighted by Crippen LogP contribution is -2.41. The van der Waals surface area contributed by atoms with Gasteiger partial charge in [0.25, 0.3) is 0 Å². The number of hydrogen-bond acceptors (Lipinski definition) is 2. The van der Waals surface area contributed by atoms with Gasteiger partial charge in [0.2, 0.25) is 5.91 Å². The lowest BCUT2D eigenvalue weighted by molar-refractivity contribution is -0.122. The van der Waals surface area contributed by atoms with Crippen molar-refractivity contribution in [2.75, 3.05) is 6.54 Å². The van der Waals surface area contributed by atoms with Gasteiger partial charge in [0.1, 0.15) is 0 Å². The Balaban J connectivity index is 2.22. The first kappa shape index (κ1) is 12.5. The van der Waals surface area contributed by atoms with E-state index >= 15 is 0 Å². The molecule has 88 valence electrons. The third-order valence-corrected chi connectivity index (χ3v) is 2.89. The Morgan fingerprint density at radius 1 is 1.47 bits per heavy atom. The summed E-state index contributed by atoms with van der Waals surface area (Å²) in [5.74, 6) is 0.806. The maximum atomic E-state index is 11.6. The van der Waals surface area contributed by atoms with Crippen LogP contribution in [0.1, 0.15) is 46.5 Å². The minimum atomic E-state index is 0.160. The first-order chi connectivity index (χ1) is 6.92. The Kier molecular flexibility index (Phi) is 4.14. The van der Waals surface area contributed by atoms with E-state index in [1.807, 2.05) is 0 Å². The van der Waals surface area contributed by atoms with Crippen LogP contribution in [0.15, 0.2) is 0 Å². The highest BCUT2D eigenvalue weighted by atomic mass is 16.1. The maximum Gasteiger partial charge on any atom is 0.220 e. The van der Waals surface area contributed by atoms with Crippen molar-refractivity contribution in [3.63, 3.8) is 0 Å². The van der Waals surface area contributed by atoms with Crippen molar-refractivity contribution in [2.24, 2.45) is 17.1 Å². The first-order valence-electron chi connectivity index (χ1n) is 5.92. The van der Waals surface area contributed by atoms with Crippen LogP contribution < -0.4 is 11.1 Å². The average molecular weight is 212 g/mol. The summed E-state index contributed by atoms with van der Waals surface area (Å²) in [5, 5.41) is 3.04. The monoisotopic (exact) mass is 212 g/mol. The molecule has 3 N–H and O–H groups in total. The predicted molar refractivity (Wildman–Crippen MR) is 62.4 cm³/mol. The van der Waals surface area contributed by atoms with Gasteiger partial charge in [0, 0.05) is 19.0 Å². The second-order valence-corrected chi connectivity index (χ2v) is 5.81. The van der Waals surface area contributed by atoms with Crippen molar-refractivity contribution in [3.8, 4) is 0 Å². The zero-order valence-electron chi connectivity index (χ0n) is 10.2. The number of hydrogen-bond donors (Lipinski definition) is 2. The number of nitrogens with two attached hydrogens (primary N) is 1. The van der Waals surface area contributed by atoms with Crippen LogP contribution in [-0.2, 0) is 4.79 Å². The summed E-state index contributed by atoms with van der Waals surface area (Å²) in [6, 6.07) is 0.220. The Morgan fingerprint density at radius 2 is 2.07 bits per heavy atom. The van der Waals surface area contributed by atoms with Crippen LogP contribution in [0.4, 0.5) is 0 Å². The van der Waals surface area contributed by atoms with Gasteiger partial charge in [0.15, 0.2) is 0 Å². The summed E-state index contributed by atoms with van der Waals surface area (Å²) < 4.78 is 0. The molecule has 1 rings (SSSR count). The summed E-state index contributed by atoms with van der Waals surface area (Å²) in [4.78, 5) is 11.6. The highest BCUT2D eigenvalue weighted by Gasteiger charge is 2.31. The SMILES string of the molecule is CC(C)(C)CCC(=O)NC(CN)C1CC1. The summed E-state index contributed by atoms with van der Waals surface area (Å²) >= 11 is 0. The molecule has 0 saturated heterocycles. The highest BCUT2D eigenvalue weighted by molar-refractivity contribution is 5.76. The van der Waals surface area contributed by atoms with E-state index in [-0.39, 0.29) is 17.4 Å². The van der Waals surface area contributed by atoms with Crippen molar-refractivity contribution in [2.45, 2.75) is 52.5 Å². The molecule has 0 heterocycles. The molecule has 1 aliphatic rings. The molecule has 3 heteroatoms. The molecule has 1 saturated carbocycles. The van der Waals surface area contributed by atoms with Crippen molar-refractivity contribution in [1.82, 2.24) is 5.32 Å². The van der Waals surface area contributed by atoms with Crippen LogP contribution in [0.3, 0.4) is 0 Å². The molecule has 0 radical (unpaired) electrons. The molecule has 1 aliphatic carbocycles. The molecular formula is C12H24N2O. The quantitative estimate of drug-likeness (QED) is 0.728. The molecule has 0 bridgehead atoms. The van der Waals surface area contributed by atoms with Crippen LogP contribution in [-0.4, -0.2) is 18.5 Å². The minimum absolute atomic E-state index is 0.160. The van der Waals surface area contributed by atoms with Gasteiger partial charge in [0.05, 0.1) is 0 Å². The fourth-order valence-corrected chi connectivity index (χ4v) is 1.64. The lowest BCUT2D eigenvalue weighted by atomic mass is 9.90. The lowest BCUT2D eigenvalue weighted by Gasteiger charge is -2.20. The van der Waals surface area contributed by atoms with Crippen LogP contribution in [0.2, 0.25) is 0 Å². The van der Waals surface area contributed by atoms with Crippen molar-refractivity contribution in [3.05, 3.63) is 0 Å². The largest absolute Gasteiger partial charge is 0.352 e. The molecule has 1 atom stereocenters. The molecular weight excluding hydrogens is 188 g/mol. The average Bonchev–Trinajstić information content (AvgIpc) is 2.93. The second kappa shape index (κ2) is 4.97. The van der Waals surface area contributed by atoms with Gasteiger partial charge in [-0.15, -0.1) is 0 Å². The zero-order valence-corrected chi connectivity index (χ0v) is 10.2. The zero-order chi connectivity index (χ0) is 11.5. The first-order valence-corrected chi connectivity index (χ1v) is 5.92. The second-order valence-electron chi connectivity index (χ2n) is 5.81. The van der Waals surface area contributed by atoms with E-state index in [1.54, 1.807) is 0 Å². The molecule has 0 aromatic rings. The molecule has 0 aliphatic heterocycles. The molecule has 1 unspecified atom stereocenters. The van der Waals surface area contributed by atoms with Gasteiger partial charge in [-0.25, -0.2) is 0 Å². The van der Waals surface area contributed by atoms with Crippen molar-refractivity contribution < 1.29 is 4.79 Å². The number of carbonyl (C=O) groups is 1. The van der Waals surface area contributed by atoms with Crippen LogP contribution in [0, 0.1) is 11.3 Å². The molecule has 0 aromatic carbocycles. The third-order valence-electron chi connectivity index (χ3n) is 2.89. The molecule has 1 amide bonds. The van der Waals surface area contributed by atoms with E-state index in [2.05, 4.69) is 26.1 Å². The molecule has 0 spiro atoms. The van der Waals surface area contributed by atoms with E-state index in [0.717, 1.165) is 6.42 Å². The van der Waals surface area contributed by atoms with Crippen LogP contribution in [0.25, 0.3) is 0 Å². The number of amides is 1. The number of rotatable bonds is 5. The smallest absolute Gasteiger partial charge is 0.220 e. The minimum Gasteiger partial charge on any atom is -0.352 e. The van der Waals surface area contributed by atoms with Crippen molar-refractivity contribution in [1.29, 1.82) is 0 Å². The summed E-state index contributed by atoms with van der Waals surface area (Å²) in [7, 11) is 0. The molecule has 0 aromatic heterocycles. The van der Waals surface area contributed by atoms with E-state index < -0.39 is 0 Å².